The SMILES string of the molecule is Cc1cc(C#N)nn1Cc1cc(O)ccc1OCC(C)C. The van der Waals surface area contributed by atoms with Crippen LogP contribution >= 0.6 is 0 Å². The van der Waals surface area contributed by atoms with Gasteiger partial charge in [-0.25, -0.2) is 0 Å². The number of phenols is 1. The molecule has 2 rings (SSSR count). The smallest absolute Gasteiger partial charge is 0.162 e. The van der Waals surface area contributed by atoms with E-state index in [1.54, 1.807) is 28.9 Å². The van der Waals surface area contributed by atoms with Crippen molar-refractivity contribution >= 4 is 0 Å². The molecule has 0 radical (unpaired) electrons. The molecule has 1 aromatic heterocycles. The molecule has 5 heteroatoms. The summed E-state index contributed by atoms with van der Waals surface area (Å²) in [7, 11) is 0. The van der Waals surface area contributed by atoms with Crippen LogP contribution in [0.1, 0.15) is 30.8 Å². The third kappa shape index (κ3) is 3.76. The number of aryl methyl sites for hydroxylation is 1. The van der Waals surface area contributed by atoms with Crippen LogP contribution in [0.2, 0.25) is 0 Å². The molecule has 5 nitrogen and oxygen atoms in total. The summed E-state index contributed by atoms with van der Waals surface area (Å²) in [5.74, 6) is 1.34. The highest BCUT2D eigenvalue weighted by molar-refractivity contribution is 5.40. The zero-order valence-electron chi connectivity index (χ0n) is 12.5. The lowest BCUT2D eigenvalue weighted by molar-refractivity contribution is 0.267. The van der Waals surface area contributed by atoms with Gasteiger partial charge in [-0.15, -0.1) is 0 Å². The molecular weight excluding hydrogens is 266 g/mol. The van der Waals surface area contributed by atoms with Crippen molar-refractivity contribution in [1.29, 1.82) is 5.26 Å². The molecule has 2 aromatic rings. The summed E-state index contributed by atoms with van der Waals surface area (Å²) >= 11 is 0. The van der Waals surface area contributed by atoms with Gasteiger partial charge in [-0.2, -0.15) is 10.4 Å². The molecule has 110 valence electrons. The lowest BCUT2D eigenvalue weighted by atomic mass is 10.2. The Kier molecular flexibility index (Phi) is 4.49. The molecule has 0 amide bonds. The Morgan fingerprint density at radius 2 is 2.14 bits per heavy atom. The summed E-state index contributed by atoms with van der Waals surface area (Å²) < 4.78 is 7.51. The van der Waals surface area contributed by atoms with E-state index in [1.807, 2.05) is 13.0 Å². The van der Waals surface area contributed by atoms with Crippen LogP contribution in [-0.4, -0.2) is 21.5 Å². The number of aromatic nitrogens is 2. The van der Waals surface area contributed by atoms with Crippen LogP contribution in [0.5, 0.6) is 11.5 Å². The molecule has 0 aliphatic heterocycles. The number of nitrogens with zero attached hydrogens (tertiary/aromatic N) is 3. The van der Waals surface area contributed by atoms with Gasteiger partial charge in [-0.3, -0.25) is 4.68 Å². The number of hydrogen-bond donors (Lipinski definition) is 1. The van der Waals surface area contributed by atoms with Crippen LogP contribution in [0.15, 0.2) is 24.3 Å². The minimum atomic E-state index is 0.187. The van der Waals surface area contributed by atoms with Gasteiger partial charge < -0.3 is 9.84 Å². The molecule has 21 heavy (non-hydrogen) atoms. The molecule has 0 saturated heterocycles. The van der Waals surface area contributed by atoms with Gasteiger partial charge in [0.05, 0.1) is 13.2 Å². The van der Waals surface area contributed by atoms with E-state index in [4.69, 9.17) is 10.00 Å². The lowest BCUT2D eigenvalue weighted by Gasteiger charge is -2.14. The Hall–Kier alpha value is -2.48. The van der Waals surface area contributed by atoms with E-state index in [1.165, 1.54) is 0 Å². The largest absolute Gasteiger partial charge is 0.508 e. The summed E-state index contributed by atoms with van der Waals surface area (Å²) in [5.41, 5.74) is 2.12. The number of benzene rings is 1. The molecule has 0 spiro atoms. The second kappa shape index (κ2) is 6.31. The van der Waals surface area contributed by atoms with Crippen molar-refractivity contribution in [2.75, 3.05) is 6.61 Å². The molecule has 0 aliphatic rings. The average molecular weight is 285 g/mol. The highest BCUT2D eigenvalue weighted by atomic mass is 16.5. The van der Waals surface area contributed by atoms with Crippen molar-refractivity contribution in [1.82, 2.24) is 9.78 Å². The van der Waals surface area contributed by atoms with E-state index in [0.29, 0.717) is 24.8 Å². The highest BCUT2D eigenvalue weighted by Crippen LogP contribution is 2.25. The predicted molar refractivity (Wildman–Crippen MR) is 79.2 cm³/mol. The van der Waals surface area contributed by atoms with Crippen LogP contribution in [0.3, 0.4) is 0 Å². The van der Waals surface area contributed by atoms with E-state index in [2.05, 4.69) is 18.9 Å². The zero-order chi connectivity index (χ0) is 15.4. The molecule has 0 atom stereocenters. The lowest BCUT2D eigenvalue weighted by Crippen LogP contribution is -2.09. The van der Waals surface area contributed by atoms with Crippen molar-refractivity contribution in [3.8, 4) is 17.6 Å². The molecule has 0 bridgehead atoms. The van der Waals surface area contributed by atoms with E-state index >= 15 is 0 Å². The minimum absolute atomic E-state index is 0.187. The van der Waals surface area contributed by atoms with Crippen molar-refractivity contribution < 1.29 is 9.84 Å². The first-order valence-electron chi connectivity index (χ1n) is 6.89. The number of nitriles is 1. The van der Waals surface area contributed by atoms with Gasteiger partial charge in [-0.05, 0) is 37.1 Å². The molecule has 1 aromatic carbocycles. The van der Waals surface area contributed by atoms with Crippen molar-refractivity contribution in [2.45, 2.75) is 27.3 Å². The van der Waals surface area contributed by atoms with Crippen molar-refractivity contribution in [3.05, 3.63) is 41.2 Å². The number of phenolic OH excluding ortho intramolecular Hbond substituents is 1. The Labute approximate surface area is 124 Å². The summed E-state index contributed by atoms with van der Waals surface area (Å²) in [6.07, 6.45) is 0. The standard InChI is InChI=1S/C16H19N3O2/c1-11(2)10-21-16-5-4-15(20)7-13(16)9-19-12(3)6-14(8-17)18-19/h4-7,11,20H,9-10H2,1-3H3. The van der Waals surface area contributed by atoms with Gasteiger partial charge >= 0.3 is 0 Å². The molecule has 0 aliphatic carbocycles. The number of rotatable bonds is 5. The normalized spacial score (nSPS) is 10.6. The fourth-order valence-electron chi connectivity index (χ4n) is 1.97. The van der Waals surface area contributed by atoms with Crippen LogP contribution in [0.25, 0.3) is 0 Å². The molecule has 0 unspecified atom stereocenters. The Bertz CT molecular complexity index is 669. The number of aromatic hydroxyl groups is 1. The summed E-state index contributed by atoms with van der Waals surface area (Å²) in [6.45, 7) is 7.12. The summed E-state index contributed by atoms with van der Waals surface area (Å²) in [4.78, 5) is 0. The third-order valence-corrected chi connectivity index (χ3v) is 3.03. The quantitative estimate of drug-likeness (QED) is 0.917. The first-order chi connectivity index (χ1) is 9.99. The van der Waals surface area contributed by atoms with Crippen LogP contribution in [0.4, 0.5) is 0 Å². The fraction of sp³-hybridized carbons (Fsp3) is 0.375. The van der Waals surface area contributed by atoms with Gasteiger partial charge in [0.25, 0.3) is 0 Å². The second-order valence-electron chi connectivity index (χ2n) is 5.44. The molecule has 0 fully saturated rings. The van der Waals surface area contributed by atoms with E-state index < -0.39 is 0 Å². The van der Waals surface area contributed by atoms with Crippen LogP contribution < -0.4 is 4.74 Å². The molecule has 0 saturated carbocycles. The summed E-state index contributed by atoms with van der Waals surface area (Å²) in [6, 6.07) is 8.80. The zero-order valence-corrected chi connectivity index (χ0v) is 12.5. The number of hydrogen-bond acceptors (Lipinski definition) is 4. The maximum absolute atomic E-state index is 9.68. The van der Waals surface area contributed by atoms with Crippen LogP contribution in [0, 0.1) is 24.2 Å². The molecule has 1 N–H and O–H groups in total. The molecule has 1 heterocycles. The van der Waals surface area contributed by atoms with E-state index in [-0.39, 0.29) is 5.75 Å². The predicted octanol–water partition coefficient (Wildman–Crippen LogP) is 2.85. The third-order valence-electron chi connectivity index (χ3n) is 3.03. The first kappa shape index (κ1) is 14.9. The first-order valence-corrected chi connectivity index (χ1v) is 6.89. The van der Waals surface area contributed by atoms with E-state index in [9.17, 15) is 5.11 Å². The van der Waals surface area contributed by atoms with Gasteiger partial charge in [-0.1, -0.05) is 13.8 Å². The maximum Gasteiger partial charge on any atom is 0.162 e. The molecular formula is C16H19N3O2. The van der Waals surface area contributed by atoms with Gasteiger partial charge in [0.15, 0.2) is 5.69 Å². The minimum Gasteiger partial charge on any atom is -0.508 e. The Balaban J connectivity index is 2.27. The fourth-order valence-corrected chi connectivity index (χ4v) is 1.97. The average Bonchev–Trinajstić information content (AvgIpc) is 2.78. The second-order valence-corrected chi connectivity index (χ2v) is 5.44. The topological polar surface area (TPSA) is 71.1 Å². The van der Waals surface area contributed by atoms with Crippen LogP contribution in [-0.2, 0) is 6.54 Å². The maximum atomic E-state index is 9.68. The Morgan fingerprint density at radius 3 is 2.76 bits per heavy atom. The highest BCUT2D eigenvalue weighted by Gasteiger charge is 2.10. The van der Waals surface area contributed by atoms with Gasteiger partial charge in [0.2, 0.25) is 0 Å². The van der Waals surface area contributed by atoms with E-state index in [0.717, 1.165) is 17.0 Å². The van der Waals surface area contributed by atoms with Crippen molar-refractivity contribution in [3.63, 3.8) is 0 Å². The summed E-state index contributed by atoms with van der Waals surface area (Å²) in [5, 5.41) is 22.8. The monoisotopic (exact) mass is 285 g/mol. The van der Waals surface area contributed by atoms with Crippen molar-refractivity contribution in [2.24, 2.45) is 5.92 Å². The van der Waals surface area contributed by atoms with Gasteiger partial charge in [0.1, 0.15) is 17.6 Å². The number of ether oxygens (including phenoxy) is 1. The Morgan fingerprint density at radius 1 is 1.38 bits per heavy atom. The van der Waals surface area contributed by atoms with Gasteiger partial charge in [0, 0.05) is 11.3 Å².